The van der Waals surface area contributed by atoms with Gasteiger partial charge in [-0.05, 0) is 24.3 Å². The van der Waals surface area contributed by atoms with E-state index in [2.05, 4.69) is 41.0 Å². The quantitative estimate of drug-likeness (QED) is 0.437. The first-order chi connectivity index (χ1) is 14.2. The number of benzene rings is 1. The van der Waals surface area contributed by atoms with Crippen molar-refractivity contribution in [2.45, 2.75) is 13.1 Å². The molecule has 0 atom stereocenters. The number of carbonyl (C=O) groups excluding carboxylic acids is 1. The van der Waals surface area contributed by atoms with Crippen molar-refractivity contribution in [1.82, 2.24) is 40.2 Å². The van der Waals surface area contributed by atoms with E-state index >= 15 is 0 Å². The highest BCUT2D eigenvalue weighted by molar-refractivity contribution is 5.95. The molecule has 3 heterocycles. The lowest BCUT2D eigenvalue weighted by Gasteiger charge is -2.09. The van der Waals surface area contributed by atoms with Crippen LogP contribution >= 0.6 is 0 Å². The van der Waals surface area contributed by atoms with E-state index in [0.717, 1.165) is 17.1 Å². The fourth-order valence-electron chi connectivity index (χ4n) is 2.77. The minimum atomic E-state index is -0.153. The molecule has 0 saturated carbocycles. The summed E-state index contributed by atoms with van der Waals surface area (Å²) in [7, 11) is 1.88. The van der Waals surface area contributed by atoms with Crippen LogP contribution in [0, 0.1) is 0 Å². The summed E-state index contributed by atoms with van der Waals surface area (Å²) in [5.74, 6) is 1.25. The topological polar surface area (TPSA) is 126 Å². The first-order valence-electron chi connectivity index (χ1n) is 8.95. The van der Waals surface area contributed by atoms with E-state index in [-0.39, 0.29) is 5.91 Å². The van der Waals surface area contributed by atoms with Gasteiger partial charge >= 0.3 is 0 Å². The van der Waals surface area contributed by atoms with Crippen molar-refractivity contribution in [2.24, 2.45) is 7.05 Å². The third-order valence-electron chi connectivity index (χ3n) is 4.36. The number of hydrogen-bond donors (Lipinski definition) is 3. The van der Waals surface area contributed by atoms with Gasteiger partial charge in [0.25, 0.3) is 5.91 Å². The van der Waals surface area contributed by atoms with Gasteiger partial charge in [-0.15, -0.1) is 10.2 Å². The zero-order valence-electron chi connectivity index (χ0n) is 15.7. The second kappa shape index (κ2) is 8.30. The van der Waals surface area contributed by atoms with Crippen LogP contribution in [0.5, 0.6) is 0 Å². The molecule has 4 aromatic rings. The SMILES string of the molecule is Cn1c(CNc2cccc(C(=O)NCc3cn[nH]c3)c2)nnc1-c1ccncn1. The molecule has 0 aliphatic rings. The monoisotopic (exact) mass is 389 g/mol. The van der Waals surface area contributed by atoms with Gasteiger partial charge in [0, 0.05) is 42.8 Å². The van der Waals surface area contributed by atoms with Gasteiger partial charge in [0.15, 0.2) is 11.6 Å². The van der Waals surface area contributed by atoms with Gasteiger partial charge in [0.2, 0.25) is 0 Å². The zero-order chi connectivity index (χ0) is 20.1. The molecule has 10 heteroatoms. The minimum Gasteiger partial charge on any atom is -0.378 e. The van der Waals surface area contributed by atoms with E-state index in [1.165, 1.54) is 6.33 Å². The first kappa shape index (κ1) is 18.3. The summed E-state index contributed by atoms with van der Waals surface area (Å²) in [5.41, 5.74) is 3.00. The lowest BCUT2D eigenvalue weighted by atomic mass is 10.2. The van der Waals surface area contributed by atoms with Gasteiger partial charge in [-0.2, -0.15) is 5.10 Å². The average Bonchev–Trinajstić information content (AvgIpc) is 3.41. The fourth-order valence-corrected chi connectivity index (χ4v) is 2.77. The summed E-state index contributed by atoms with van der Waals surface area (Å²) in [6.07, 6.45) is 6.56. The van der Waals surface area contributed by atoms with Crippen molar-refractivity contribution >= 4 is 11.6 Å². The largest absolute Gasteiger partial charge is 0.378 e. The Balaban J connectivity index is 1.40. The number of amides is 1. The molecule has 0 bridgehead atoms. The Bertz CT molecular complexity index is 1090. The van der Waals surface area contributed by atoms with Crippen LogP contribution in [0.15, 0.2) is 55.2 Å². The van der Waals surface area contributed by atoms with E-state index in [9.17, 15) is 4.79 Å². The van der Waals surface area contributed by atoms with Crippen LogP contribution in [-0.2, 0) is 20.1 Å². The van der Waals surface area contributed by atoms with Crippen LogP contribution in [0.3, 0.4) is 0 Å². The summed E-state index contributed by atoms with van der Waals surface area (Å²) in [6, 6.07) is 9.08. The maximum Gasteiger partial charge on any atom is 0.251 e. The molecule has 0 fully saturated rings. The average molecular weight is 389 g/mol. The standard InChI is InChI=1S/C19H19N9O/c1-28-17(26-27-18(28)16-5-6-20-12-23-16)11-21-15-4-2-3-14(7-15)19(29)22-8-13-9-24-25-10-13/h2-7,9-10,12,21H,8,11H2,1H3,(H,22,29)(H,24,25). The van der Waals surface area contributed by atoms with Gasteiger partial charge in [-0.1, -0.05) is 6.07 Å². The maximum absolute atomic E-state index is 12.4. The number of anilines is 1. The Morgan fingerprint density at radius 1 is 1.21 bits per heavy atom. The Kier molecular flexibility index (Phi) is 5.23. The summed E-state index contributed by atoms with van der Waals surface area (Å²) in [4.78, 5) is 20.5. The molecule has 1 aromatic carbocycles. The summed E-state index contributed by atoms with van der Waals surface area (Å²) in [5, 5.41) is 21.2. The molecule has 4 rings (SSSR count). The zero-order valence-corrected chi connectivity index (χ0v) is 15.7. The predicted octanol–water partition coefficient (Wildman–Crippen LogP) is 1.54. The molecule has 3 aromatic heterocycles. The third-order valence-corrected chi connectivity index (χ3v) is 4.36. The van der Waals surface area contributed by atoms with Gasteiger partial charge < -0.3 is 15.2 Å². The van der Waals surface area contributed by atoms with Crippen LogP contribution in [0.25, 0.3) is 11.5 Å². The molecule has 10 nitrogen and oxygen atoms in total. The van der Waals surface area contributed by atoms with Crippen molar-refractivity contribution in [1.29, 1.82) is 0 Å². The van der Waals surface area contributed by atoms with Crippen LogP contribution < -0.4 is 10.6 Å². The Labute approximate surface area is 166 Å². The summed E-state index contributed by atoms with van der Waals surface area (Å²) < 4.78 is 1.87. The van der Waals surface area contributed by atoms with Crippen LogP contribution in [0.1, 0.15) is 21.7 Å². The predicted molar refractivity (Wildman–Crippen MR) is 106 cm³/mol. The van der Waals surface area contributed by atoms with E-state index in [0.29, 0.717) is 30.2 Å². The van der Waals surface area contributed by atoms with Gasteiger partial charge in [-0.25, -0.2) is 9.97 Å². The lowest BCUT2D eigenvalue weighted by molar-refractivity contribution is 0.0951. The maximum atomic E-state index is 12.4. The van der Waals surface area contributed by atoms with Gasteiger partial charge in [0.1, 0.15) is 12.0 Å². The van der Waals surface area contributed by atoms with Crippen LogP contribution in [0.4, 0.5) is 5.69 Å². The number of H-pyrrole nitrogens is 1. The highest BCUT2D eigenvalue weighted by atomic mass is 16.1. The molecule has 1 amide bonds. The number of carbonyl (C=O) groups is 1. The van der Waals surface area contributed by atoms with Crippen molar-refractivity contribution < 1.29 is 4.79 Å². The molecule has 0 spiro atoms. The van der Waals surface area contributed by atoms with Gasteiger partial charge in [-0.3, -0.25) is 9.89 Å². The molecule has 3 N–H and O–H groups in total. The molecular formula is C19H19N9O. The number of hydrogen-bond acceptors (Lipinski definition) is 7. The number of rotatable bonds is 7. The Morgan fingerprint density at radius 2 is 2.14 bits per heavy atom. The number of nitrogens with one attached hydrogen (secondary N) is 3. The normalized spacial score (nSPS) is 10.7. The number of aromatic amines is 1. The molecule has 0 saturated heterocycles. The van der Waals surface area contributed by atoms with E-state index in [1.54, 1.807) is 36.8 Å². The molecule has 0 aliphatic heterocycles. The lowest BCUT2D eigenvalue weighted by Crippen LogP contribution is -2.22. The van der Waals surface area contributed by atoms with Crippen molar-refractivity contribution in [3.8, 4) is 11.5 Å². The molecule has 146 valence electrons. The second-order valence-electron chi connectivity index (χ2n) is 6.32. The summed E-state index contributed by atoms with van der Waals surface area (Å²) >= 11 is 0. The number of aromatic nitrogens is 7. The van der Waals surface area contributed by atoms with E-state index < -0.39 is 0 Å². The minimum absolute atomic E-state index is 0.153. The van der Waals surface area contributed by atoms with Crippen molar-refractivity contribution in [2.75, 3.05) is 5.32 Å². The molecule has 0 unspecified atom stereocenters. The number of nitrogens with zero attached hydrogens (tertiary/aromatic N) is 6. The Hall–Kier alpha value is -4.08. The Morgan fingerprint density at radius 3 is 2.93 bits per heavy atom. The smallest absolute Gasteiger partial charge is 0.251 e. The first-order valence-corrected chi connectivity index (χ1v) is 8.95. The third kappa shape index (κ3) is 4.26. The van der Waals surface area contributed by atoms with E-state index in [1.807, 2.05) is 23.7 Å². The van der Waals surface area contributed by atoms with Crippen LogP contribution in [-0.4, -0.2) is 40.8 Å². The van der Waals surface area contributed by atoms with Gasteiger partial charge in [0.05, 0.1) is 12.7 Å². The molecule has 29 heavy (non-hydrogen) atoms. The second-order valence-corrected chi connectivity index (χ2v) is 6.32. The van der Waals surface area contributed by atoms with Crippen LogP contribution in [0.2, 0.25) is 0 Å². The molecular weight excluding hydrogens is 370 g/mol. The highest BCUT2D eigenvalue weighted by Gasteiger charge is 2.12. The highest BCUT2D eigenvalue weighted by Crippen LogP contribution is 2.15. The fraction of sp³-hybridized carbons (Fsp3) is 0.158. The summed E-state index contributed by atoms with van der Waals surface area (Å²) in [6.45, 7) is 0.867. The van der Waals surface area contributed by atoms with E-state index in [4.69, 9.17) is 0 Å². The van der Waals surface area contributed by atoms with Crippen molar-refractivity contribution in [3.05, 3.63) is 72.2 Å². The molecule has 0 aliphatic carbocycles. The molecule has 0 radical (unpaired) electrons. The van der Waals surface area contributed by atoms with Crippen molar-refractivity contribution in [3.63, 3.8) is 0 Å².